The molecule has 6 heteroatoms. The van der Waals surface area contributed by atoms with Gasteiger partial charge in [0.25, 0.3) is 5.91 Å². The summed E-state index contributed by atoms with van der Waals surface area (Å²) in [5.41, 5.74) is 2.47. The standard InChI is InChI=1S/C23H19ClN2O3/c24-17-6-2-1-5-16(17)19-9-10-21(28-19)23(27)26-13-11-15(12-14-26)22-25-18-7-3-4-8-20(18)29-22/h1-10,15H,11-14H2. The van der Waals surface area contributed by atoms with Crippen LogP contribution in [0.4, 0.5) is 0 Å². The Balaban J connectivity index is 1.27. The summed E-state index contributed by atoms with van der Waals surface area (Å²) in [5, 5.41) is 0.597. The van der Waals surface area contributed by atoms with Gasteiger partial charge < -0.3 is 13.7 Å². The van der Waals surface area contributed by atoms with E-state index < -0.39 is 0 Å². The molecule has 5 nitrogen and oxygen atoms in total. The van der Waals surface area contributed by atoms with Gasteiger partial charge in [0.2, 0.25) is 0 Å². The fraction of sp³-hybridized carbons (Fsp3) is 0.217. The molecule has 5 rings (SSSR count). The van der Waals surface area contributed by atoms with Gasteiger partial charge in [0.15, 0.2) is 17.2 Å². The van der Waals surface area contributed by atoms with E-state index in [0.29, 0.717) is 29.6 Å². The zero-order valence-electron chi connectivity index (χ0n) is 15.7. The van der Waals surface area contributed by atoms with E-state index >= 15 is 0 Å². The van der Waals surface area contributed by atoms with Crippen LogP contribution in [0.25, 0.3) is 22.4 Å². The molecule has 0 N–H and O–H groups in total. The van der Waals surface area contributed by atoms with E-state index in [4.69, 9.17) is 20.4 Å². The molecule has 146 valence electrons. The van der Waals surface area contributed by atoms with E-state index in [1.807, 2.05) is 47.4 Å². The monoisotopic (exact) mass is 406 g/mol. The van der Waals surface area contributed by atoms with Crippen LogP contribution in [-0.2, 0) is 0 Å². The van der Waals surface area contributed by atoms with Gasteiger partial charge in [-0.2, -0.15) is 0 Å². The van der Waals surface area contributed by atoms with Gasteiger partial charge in [-0.05, 0) is 49.2 Å². The molecule has 1 aliphatic rings. The summed E-state index contributed by atoms with van der Waals surface area (Å²) in [6.07, 6.45) is 1.63. The number of hydrogen-bond acceptors (Lipinski definition) is 4. The van der Waals surface area contributed by atoms with Gasteiger partial charge in [0.1, 0.15) is 11.3 Å². The molecular weight excluding hydrogens is 388 g/mol. The average molecular weight is 407 g/mol. The fourth-order valence-electron chi connectivity index (χ4n) is 3.81. The number of piperidine rings is 1. The molecule has 3 heterocycles. The summed E-state index contributed by atoms with van der Waals surface area (Å²) in [6.45, 7) is 1.29. The molecule has 0 atom stereocenters. The lowest BCUT2D eigenvalue weighted by molar-refractivity contribution is 0.0675. The van der Waals surface area contributed by atoms with Gasteiger partial charge in [-0.1, -0.05) is 35.9 Å². The zero-order valence-corrected chi connectivity index (χ0v) is 16.4. The summed E-state index contributed by atoms with van der Waals surface area (Å²) < 4.78 is 11.7. The minimum Gasteiger partial charge on any atom is -0.451 e. The largest absolute Gasteiger partial charge is 0.451 e. The van der Waals surface area contributed by atoms with Crippen LogP contribution >= 0.6 is 11.6 Å². The molecule has 4 aromatic rings. The molecule has 2 aromatic heterocycles. The van der Waals surface area contributed by atoms with Crippen molar-refractivity contribution in [3.8, 4) is 11.3 Å². The summed E-state index contributed by atoms with van der Waals surface area (Å²) in [7, 11) is 0. The number of likely N-dealkylation sites (tertiary alicyclic amines) is 1. The molecule has 0 bridgehead atoms. The SMILES string of the molecule is O=C(c1ccc(-c2ccccc2Cl)o1)N1CCC(c2nc3ccccc3o2)CC1. The highest BCUT2D eigenvalue weighted by molar-refractivity contribution is 6.33. The van der Waals surface area contributed by atoms with Crippen molar-refractivity contribution >= 4 is 28.6 Å². The molecule has 1 saturated heterocycles. The first-order chi connectivity index (χ1) is 14.2. The van der Waals surface area contributed by atoms with Crippen LogP contribution in [0.5, 0.6) is 0 Å². The number of benzene rings is 2. The Hall–Kier alpha value is -3.05. The van der Waals surface area contributed by atoms with Gasteiger partial charge in [-0.15, -0.1) is 0 Å². The van der Waals surface area contributed by atoms with Gasteiger partial charge in [-0.25, -0.2) is 4.98 Å². The topological polar surface area (TPSA) is 59.5 Å². The maximum absolute atomic E-state index is 12.9. The van der Waals surface area contributed by atoms with Crippen LogP contribution < -0.4 is 0 Å². The lowest BCUT2D eigenvalue weighted by Gasteiger charge is -2.29. The molecule has 0 unspecified atom stereocenters. The van der Waals surface area contributed by atoms with Gasteiger partial charge in [0, 0.05) is 24.6 Å². The zero-order chi connectivity index (χ0) is 19.8. The average Bonchev–Trinajstić information content (AvgIpc) is 3.41. The van der Waals surface area contributed by atoms with Gasteiger partial charge in [0.05, 0.1) is 5.02 Å². The van der Waals surface area contributed by atoms with Crippen LogP contribution in [0.3, 0.4) is 0 Å². The Kier molecular flexibility index (Phi) is 4.60. The number of carbonyl (C=O) groups excluding carboxylic acids is 1. The molecule has 0 radical (unpaired) electrons. The number of para-hydroxylation sites is 2. The quantitative estimate of drug-likeness (QED) is 0.434. The molecule has 2 aromatic carbocycles. The van der Waals surface area contributed by atoms with Crippen molar-refractivity contribution < 1.29 is 13.6 Å². The Labute approximate surface area is 172 Å². The lowest BCUT2D eigenvalue weighted by atomic mass is 9.96. The highest BCUT2D eigenvalue weighted by atomic mass is 35.5. The Morgan fingerprint density at radius 2 is 1.72 bits per heavy atom. The first kappa shape index (κ1) is 18.0. The third-order valence-electron chi connectivity index (χ3n) is 5.40. The van der Waals surface area contributed by atoms with Crippen molar-refractivity contribution in [1.29, 1.82) is 0 Å². The summed E-state index contributed by atoms with van der Waals surface area (Å²) in [6, 6.07) is 18.7. The van der Waals surface area contributed by atoms with Crippen molar-refractivity contribution in [3.05, 3.63) is 77.3 Å². The van der Waals surface area contributed by atoms with Crippen molar-refractivity contribution in [2.24, 2.45) is 0 Å². The van der Waals surface area contributed by atoms with Crippen LogP contribution in [-0.4, -0.2) is 28.9 Å². The normalized spacial score (nSPS) is 15.1. The number of aromatic nitrogens is 1. The number of rotatable bonds is 3. The summed E-state index contributed by atoms with van der Waals surface area (Å²) in [5.74, 6) is 1.82. The van der Waals surface area contributed by atoms with Crippen molar-refractivity contribution in [1.82, 2.24) is 9.88 Å². The van der Waals surface area contributed by atoms with Crippen LogP contribution in [0.2, 0.25) is 5.02 Å². The number of nitrogens with zero attached hydrogens (tertiary/aromatic N) is 2. The van der Waals surface area contributed by atoms with E-state index in [2.05, 4.69) is 4.98 Å². The van der Waals surface area contributed by atoms with Crippen molar-refractivity contribution in [2.45, 2.75) is 18.8 Å². The number of fused-ring (bicyclic) bond motifs is 1. The second-order valence-electron chi connectivity index (χ2n) is 7.23. The van der Waals surface area contributed by atoms with E-state index in [-0.39, 0.29) is 11.8 Å². The fourth-order valence-corrected chi connectivity index (χ4v) is 4.04. The summed E-state index contributed by atoms with van der Waals surface area (Å²) in [4.78, 5) is 19.3. The molecule has 29 heavy (non-hydrogen) atoms. The van der Waals surface area contributed by atoms with E-state index in [1.54, 1.807) is 18.2 Å². The number of amides is 1. The molecule has 0 spiro atoms. The number of oxazole rings is 1. The molecular formula is C23H19ClN2O3. The second kappa shape index (κ2) is 7.41. The van der Waals surface area contributed by atoms with Crippen LogP contribution in [0.1, 0.15) is 35.2 Å². The molecule has 1 amide bonds. The van der Waals surface area contributed by atoms with E-state index in [9.17, 15) is 4.79 Å². The Morgan fingerprint density at radius 1 is 0.966 bits per heavy atom. The number of carbonyl (C=O) groups is 1. The first-order valence-electron chi connectivity index (χ1n) is 9.68. The number of halogens is 1. The highest BCUT2D eigenvalue weighted by Gasteiger charge is 2.29. The molecule has 0 aliphatic carbocycles. The smallest absolute Gasteiger partial charge is 0.289 e. The van der Waals surface area contributed by atoms with Crippen molar-refractivity contribution in [2.75, 3.05) is 13.1 Å². The van der Waals surface area contributed by atoms with Crippen molar-refractivity contribution in [3.63, 3.8) is 0 Å². The van der Waals surface area contributed by atoms with E-state index in [1.165, 1.54) is 0 Å². The minimum atomic E-state index is -0.0979. The summed E-state index contributed by atoms with van der Waals surface area (Å²) >= 11 is 6.23. The predicted molar refractivity (Wildman–Crippen MR) is 111 cm³/mol. The minimum absolute atomic E-state index is 0.0979. The van der Waals surface area contributed by atoms with Gasteiger partial charge in [-0.3, -0.25) is 4.79 Å². The lowest BCUT2D eigenvalue weighted by Crippen LogP contribution is -2.37. The highest BCUT2D eigenvalue weighted by Crippen LogP contribution is 2.32. The second-order valence-corrected chi connectivity index (χ2v) is 7.64. The molecule has 0 saturated carbocycles. The Morgan fingerprint density at radius 3 is 2.52 bits per heavy atom. The maximum atomic E-state index is 12.9. The Bertz CT molecular complexity index is 1140. The van der Waals surface area contributed by atoms with Gasteiger partial charge >= 0.3 is 0 Å². The third-order valence-corrected chi connectivity index (χ3v) is 5.73. The maximum Gasteiger partial charge on any atom is 0.289 e. The third kappa shape index (κ3) is 3.42. The van der Waals surface area contributed by atoms with E-state index in [0.717, 1.165) is 35.4 Å². The number of hydrogen-bond donors (Lipinski definition) is 0. The first-order valence-corrected chi connectivity index (χ1v) is 10.1. The number of furan rings is 1. The molecule has 1 fully saturated rings. The molecule has 1 aliphatic heterocycles. The van der Waals surface area contributed by atoms with Crippen LogP contribution in [0.15, 0.2) is 69.5 Å². The van der Waals surface area contributed by atoms with Crippen LogP contribution in [0, 0.1) is 0 Å². The predicted octanol–water partition coefficient (Wildman–Crippen LogP) is 5.76.